The summed E-state index contributed by atoms with van der Waals surface area (Å²) in [6, 6.07) is 1.94. The minimum absolute atomic E-state index is 0.0681. The lowest BCUT2D eigenvalue weighted by atomic mass is 9.85. The summed E-state index contributed by atoms with van der Waals surface area (Å²) in [5.41, 5.74) is 1.14. The number of aromatic amines is 1. The first-order valence-corrected chi connectivity index (χ1v) is 7.28. The molecule has 1 saturated carbocycles. The minimum atomic E-state index is 0.0681. The van der Waals surface area contributed by atoms with E-state index in [9.17, 15) is 0 Å². The molecule has 1 N–H and O–H groups in total. The van der Waals surface area contributed by atoms with Gasteiger partial charge in [0.15, 0.2) is 0 Å². The van der Waals surface area contributed by atoms with E-state index in [1.807, 2.05) is 6.07 Å². The molecule has 0 aliphatic heterocycles. The van der Waals surface area contributed by atoms with Crippen LogP contribution in [-0.4, -0.2) is 17.1 Å². The first-order chi connectivity index (χ1) is 8.74. The van der Waals surface area contributed by atoms with Crippen LogP contribution >= 0.6 is 12.2 Å². The van der Waals surface area contributed by atoms with Gasteiger partial charge >= 0.3 is 0 Å². The minimum Gasteiger partial charge on any atom is -0.373 e. The number of hydrogen-bond donors (Lipinski definition) is 1. The summed E-state index contributed by atoms with van der Waals surface area (Å²) in [5.74, 6) is 1.49. The van der Waals surface area contributed by atoms with Crippen molar-refractivity contribution >= 4 is 12.2 Å². The Hall–Kier alpha value is -0.740. The number of nitrogens with one attached hydrogen (secondary N) is 1. The van der Waals surface area contributed by atoms with Crippen LogP contribution in [0.4, 0.5) is 0 Å². The summed E-state index contributed by atoms with van der Waals surface area (Å²) in [7, 11) is 1.77. The van der Waals surface area contributed by atoms with Gasteiger partial charge in [0.1, 0.15) is 16.6 Å². The predicted octanol–water partition coefficient (Wildman–Crippen LogP) is 3.97. The van der Waals surface area contributed by atoms with E-state index in [0.29, 0.717) is 10.6 Å². The third kappa shape index (κ3) is 3.18. The number of H-pyrrole nitrogens is 1. The fourth-order valence-electron chi connectivity index (χ4n) is 2.82. The van der Waals surface area contributed by atoms with Crippen molar-refractivity contribution in [3.8, 4) is 0 Å². The number of nitrogens with zero attached hydrogens (tertiary/aromatic N) is 1. The highest BCUT2D eigenvalue weighted by Gasteiger charge is 2.26. The molecule has 0 bridgehead atoms. The maximum Gasteiger partial charge on any atom is 0.137 e. The van der Waals surface area contributed by atoms with Crippen LogP contribution in [0.25, 0.3) is 0 Å². The van der Waals surface area contributed by atoms with Crippen LogP contribution in [0, 0.1) is 10.6 Å². The van der Waals surface area contributed by atoms with E-state index in [4.69, 9.17) is 17.0 Å². The first-order valence-electron chi connectivity index (χ1n) is 6.87. The zero-order valence-corrected chi connectivity index (χ0v) is 12.1. The molecule has 1 aromatic rings. The van der Waals surface area contributed by atoms with Gasteiger partial charge in [-0.25, -0.2) is 4.98 Å². The summed E-state index contributed by atoms with van der Waals surface area (Å²) < 4.78 is 6.36. The van der Waals surface area contributed by atoms with Crippen molar-refractivity contribution in [2.24, 2.45) is 5.92 Å². The van der Waals surface area contributed by atoms with Crippen LogP contribution in [0.3, 0.4) is 0 Å². The molecule has 1 aliphatic rings. The fraction of sp³-hybridized carbons (Fsp3) is 0.714. The van der Waals surface area contributed by atoms with Gasteiger partial charge in [-0.15, -0.1) is 0 Å². The molecule has 1 aliphatic carbocycles. The van der Waals surface area contributed by atoms with E-state index in [-0.39, 0.29) is 6.10 Å². The molecule has 0 amide bonds. The molecule has 4 heteroatoms. The Kier molecular flexibility index (Phi) is 4.89. The van der Waals surface area contributed by atoms with Gasteiger partial charge in [0.2, 0.25) is 0 Å². The smallest absolute Gasteiger partial charge is 0.137 e. The lowest BCUT2D eigenvalue weighted by Crippen LogP contribution is -2.20. The second-order valence-electron chi connectivity index (χ2n) is 5.04. The van der Waals surface area contributed by atoms with Crippen LogP contribution in [0.5, 0.6) is 0 Å². The van der Waals surface area contributed by atoms with Gasteiger partial charge in [0, 0.05) is 12.8 Å². The van der Waals surface area contributed by atoms with Crippen LogP contribution in [0.15, 0.2) is 6.07 Å². The van der Waals surface area contributed by atoms with Crippen molar-refractivity contribution < 1.29 is 4.74 Å². The van der Waals surface area contributed by atoms with Crippen LogP contribution < -0.4 is 0 Å². The molecule has 1 heterocycles. The SMILES string of the molecule is CCc1cc(=S)nc(C(OC)C2CCCCC2)[nH]1. The fourth-order valence-corrected chi connectivity index (χ4v) is 3.06. The zero-order valence-electron chi connectivity index (χ0n) is 11.2. The highest BCUT2D eigenvalue weighted by molar-refractivity contribution is 7.71. The lowest BCUT2D eigenvalue weighted by molar-refractivity contribution is 0.0287. The Bertz CT molecular complexity index is 438. The van der Waals surface area contributed by atoms with Gasteiger partial charge in [-0.3, -0.25) is 0 Å². The molecule has 0 aromatic carbocycles. The van der Waals surface area contributed by atoms with Crippen molar-refractivity contribution in [1.82, 2.24) is 9.97 Å². The summed E-state index contributed by atoms with van der Waals surface area (Å²) in [5, 5.41) is 0. The molecule has 1 atom stereocenters. The molecule has 1 aromatic heterocycles. The van der Waals surface area contributed by atoms with E-state index in [0.717, 1.165) is 17.9 Å². The maximum absolute atomic E-state index is 5.69. The Morgan fingerprint density at radius 1 is 1.44 bits per heavy atom. The standard InChI is InChI=1S/C14H22N2OS/c1-3-11-9-12(18)16-14(15-11)13(17-2)10-7-5-4-6-8-10/h9-10,13H,3-8H2,1-2H3,(H,15,16,18). The molecule has 18 heavy (non-hydrogen) atoms. The molecular weight excluding hydrogens is 244 g/mol. The Balaban J connectivity index is 2.25. The van der Waals surface area contributed by atoms with Crippen LogP contribution in [0.1, 0.15) is 56.7 Å². The third-order valence-corrected chi connectivity index (χ3v) is 4.01. The quantitative estimate of drug-likeness (QED) is 0.838. The number of hydrogen-bond acceptors (Lipinski definition) is 3. The van der Waals surface area contributed by atoms with E-state index in [1.165, 1.54) is 32.1 Å². The van der Waals surface area contributed by atoms with Gasteiger partial charge in [-0.2, -0.15) is 0 Å². The molecule has 3 nitrogen and oxygen atoms in total. The molecule has 1 fully saturated rings. The lowest BCUT2D eigenvalue weighted by Gasteiger charge is -2.28. The van der Waals surface area contributed by atoms with E-state index in [2.05, 4.69) is 16.9 Å². The van der Waals surface area contributed by atoms with Gasteiger partial charge in [-0.05, 0) is 31.2 Å². The summed E-state index contributed by atoms with van der Waals surface area (Å²) in [6.07, 6.45) is 7.44. The van der Waals surface area contributed by atoms with Crippen LogP contribution in [0.2, 0.25) is 0 Å². The van der Waals surface area contributed by atoms with Gasteiger partial charge in [0.25, 0.3) is 0 Å². The van der Waals surface area contributed by atoms with E-state index < -0.39 is 0 Å². The van der Waals surface area contributed by atoms with Gasteiger partial charge in [-0.1, -0.05) is 38.4 Å². The Labute approximate surface area is 114 Å². The zero-order chi connectivity index (χ0) is 13.0. The second-order valence-corrected chi connectivity index (χ2v) is 5.46. The maximum atomic E-state index is 5.69. The first kappa shape index (κ1) is 13.7. The second kappa shape index (κ2) is 6.43. The van der Waals surface area contributed by atoms with Gasteiger partial charge < -0.3 is 9.72 Å². The van der Waals surface area contributed by atoms with E-state index >= 15 is 0 Å². The average molecular weight is 266 g/mol. The highest BCUT2D eigenvalue weighted by Crippen LogP contribution is 2.35. The van der Waals surface area contributed by atoms with E-state index in [1.54, 1.807) is 7.11 Å². The van der Waals surface area contributed by atoms with Crippen molar-refractivity contribution in [3.05, 3.63) is 22.2 Å². The van der Waals surface area contributed by atoms with Crippen LogP contribution in [-0.2, 0) is 11.2 Å². The van der Waals surface area contributed by atoms with Crippen molar-refractivity contribution in [3.63, 3.8) is 0 Å². The Morgan fingerprint density at radius 2 is 2.17 bits per heavy atom. The highest BCUT2D eigenvalue weighted by atomic mass is 32.1. The number of methoxy groups -OCH3 is 1. The topological polar surface area (TPSA) is 37.9 Å². The largest absolute Gasteiger partial charge is 0.373 e. The molecule has 100 valence electrons. The van der Waals surface area contributed by atoms with Crippen molar-refractivity contribution in [1.29, 1.82) is 0 Å². The molecule has 0 saturated heterocycles. The van der Waals surface area contributed by atoms with Crippen molar-refractivity contribution in [2.45, 2.75) is 51.6 Å². The molecule has 2 rings (SSSR count). The summed E-state index contributed by atoms with van der Waals surface area (Å²) in [4.78, 5) is 7.84. The van der Waals surface area contributed by atoms with Gasteiger partial charge in [0.05, 0.1) is 0 Å². The number of rotatable bonds is 4. The number of aromatic nitrogens is 2. The third-order valence-electron chi connectivity index (χ3n) is 3.80. The molecular formula is C14H22N2OS. The number of aryl methyl sites for hydroxylation is 1. The monoisotopic (exact) mass is 266 g/mol. The van der Waals surface area contributed by atoms with Crippen molar-refractivity contribution in [2.75, 3.05) is 7.11 Å². The normalized spacial score (nSPS) is 18.8. The molecule has 0 spiro atoms. The molecule has 0 radical (unpaired) electrons. The predicted molar refractivity (Wildman–Crippen MR) is 75.1 cm³/mol. The summed E-state index contributed by atoms with van der Waals surface area (Å²) >= 11 is 5.24. The average Bonchev–Trinajstić information content (AvgIpc) is 2.40. The summed E-state index contributed by atoms with van der Waals surface area (Å²) in [6.45, 7) is 2.12. The molecule has 1 unspecified atom stereocenters. The number of ether oxygens (including phenoxy) is 1. The Morgan fingerprint density at radius 3 is 2.78 bits per heavy atom.